The summed E-state index contributed by atoms with van der Waals surface area (Å²) in [5, 5.41) is 8.05. The molecule has 9 heteroatoms. The van der Waals surface area contributed by atoms with Crippen LogP contribution < -0.4 is 15.4 Å². The molecule has 0 aliphatic heterocycles. The quantitative estimate of drug-likeness (QED) is 0.474. The molecule has 0 saturated carbocycles. The zero-order valence-electron chi connectivity index (χ0n) is 12.9. The molecule has 0 aliphatic carbocycles. The van der Waals surface area contributed by atoms with E-state index >= 15 is 0 Å². The molecule has 2 rings (SSSR count). The van der Waals surface area contributed by atoms with Gasteiger partial charge >= 0.3 is 6.18 Å². The number of alkyl halides is 3. The first-order valence-electron chi connectivity index (χ1n) is 7.12. The van der Waals surface area contributed by atoms with E-state index in [0.717, 1.165) is 10.9 Å². The molecule has 0 spiro atoms. The van der Waals surface area contributed by atoms with E-state index in [0.29, 0.717) is 12.5 Å². The van der Waals surface area contributed by atoms with Gasteiger partial charge in [0, 0.05) is 18.1 Å². The molecular weight excluding hydrogens is 341 g/mol. The van der Waals surface area contributed by atoms with Crippen LogP contribution in [-0.4, -0.2) is 31.1 Å². The summed E-state index contributed by atoms with van der Waals surface area (Å²) in [5.74, 6) is 0.123. The van der Waals surface area contributed by atoms with Gasteiger partial charge in [-0.1, -0.05) is 6.07 Å². The number of nitrogens with one attached hydrogen (secondary N) is 2. The van der Waals surface area contributed by atoms with Crippen LogP contribution in [0, 0.1) is 0 Å². The average Bonchev–Trinajstić information content (AvgIpc) is 3.07. The third-order valence-electron chi connectivity index (χ3n) is 2.94. The first-order valence-corrected chi connectivity index (χ1v) is 8.00. The van der Waals surface area contributed by atoms with E-state index in [9.17, 15) is 13.2 Å². The predicted molar refractivity (Wildman–Crippen MR) is 87.3 cm³/mol. The molecule has 0 aromatic carbocycles. The van der Waals surface area contributed by atoms with Gasteiger partial charge in [-0.2, -0.15) is 13.2 Å². The smallest absolute Gasteiger partial charge is 0.421 e. The number of ether oxygens (including phenoxy) is 1. The minimum absolute atomic E-state index is 0.0276. The third kappa shape index (κ3) is 5.41. The summed E-state index contributed by atoms with van der Waals surface area (Å²) in [7, 11) is 1.62. The molecule has 130 valence electrons. The van der Waals surface area contributed by atoms with E-state index in [-0.39, 0.29) is 13.2 Å². The Balaban J connectivity index is 1.78. The molecule has 0 radical (unpaired) electrons. The van der Waals surface area contributed by atoms with Crippen LogP contribution >= 0.6 is 11.3 Å². The van der Waals surface area contributed by atoms with Gasteiger partial charge in [-0.15, -0.1) is 11.3 Å². The fourth-order valence-corrected chi connectivity index (χ4v) is 2.49. The zero-order chi connectivity index (χ0) is 17.4. The maximum atomic E-state index is 12.8. The lowest BCUT2D eigenvalue weighted by Crippen LogP contribution is -2.38. The van der Waals surface area contributed by atoms with Gasteiger partial charge in [0.2, 0.25) is 5.88 Å². The molecule has 24 heavy (non-hydrogen) atoms. The summed E-state index contributed by atoms with van der Waals surface area (Å²) in [6.07, 6.45) is -3.23. The highest BCUT2D eigenvalue weighted by molar-refractivity contribution is 7.09. The van der Waals surface area contributed by atoms with Crippen LogP contribution in [0.3, 0.4) is 0 Å². The first kappa shape index (κ1) is 18.1. The monoisotopic (exact) mass is 358 g/mol. The van der Waals surface area contributed by atoms with Crippen LogP contribution in [0.2, 0.25) is 0 Å². The van der Waals surface area contributed by atoms with E-state index in [4.69, 9.17) is 4.74 Å². The Morgan fingerprint density at radius 2 is 2.12 bits per heavy atom. The molecule has 0 bridgehead atoms. The van der Waals surface area contributed by atoms with Crippen LogP contribution in [0.4, 0.5) is 13.2 Å². The fourth-order valence-electron chi connectivity index (χ4n) is 1.84. The van der Waals surface area contributed by atoms with Gasteiger partial charge in [0.1, 0.15) is 12.2 Å². The lowest BCUT2D eigenvalue weighted by atomic mass is 10.2. The van der Waals surface area contributed by atoms with Gasteiger partial charge in [-0.25, -0.2) is 4.98 Å². The number of hydrogen-bond donors (Lipinski definition) is 2. The second-order valence-corrected chi connectivity index (χ2v) is 5.67. The molecule has 2 heterocycles. The van der Waals surface area contributed by atoms with Gasteiger partial charge in [-0.3, -0.25) is 4.99 Å². The molecule has 2 N–H and O–H groups in total. The topological polar surface area (TPSA) is 58.5 Å². The normalized spacial score (nSPS) is 12.1. The number of aliphatic imine (C=N–C) groups is 1. The Kier molecular flexibility index (Phi) is 6.42. The second kappa shape index (κ2) is 8.53. The van der Waals surface area contributed by atoms with Crippen LogP contribution in [0.1, 0.15) is 10.4 Å². The van der Waals surface area contributed by atoms with Gasteiger partial charge in [0.05, 0.1) is 13.1 Å². The number of hydrogen-bond acceptors (Lipinski definition) is 4. The lowest BCUT2D eigenvalue weighted by Gasteiger charge is -2.14. The number of aromatic nitrogens is 1. The SMILES string of the molecule is CN=C(NCCOc1ncccc1C(F)(F)F)NCc1cccs1. The predicted octanol–water partition coefficient (Wildman–Crippen LogP) is 2.91. The van der Waals surface area contributed by atoms with Gasteiger partial charge < -0.3 is 15.4 Å². The van der Waals surface area contributed by atoms with Crippen LogP contribution in [0.15, 0.2) is 40.8 Å². The minimum Gasteiger partial charge on any atom is -0.475 e. The van der Waals surface area contributed by atoms with E-state index < -0.39 is 17.6 Å². The van der Waals surface area contributed by atoms with Crippen LogP contribution in [0.5, 0.6) is 5.88 Å². The number of rotatable bonds is 6. The minimum atomic E-state index is -4.49. The van der Waals surface area contributed by atoms with Gasteiger partial charge in [0.25, 0.3) is 0 Å². The summed E-state index contributed by atoms with van der Waals surface area (Å²) in [5.41, 5.74) is -0.884. The fraction of sp³-hybridized carbons (Fsp3) is 0.333. The highest BCUT2D eigenvalue weighted by Gasteiger charge is 2.34. The number of nitrogens with zero attached hydrogens (tertiary/aromatic N) is 2. The Bertz CT molecular complexity index is 659. The van der Waals surface area contributed by atoms with Crippen molar-refractivity contribution in [2.75, 3.05) is 20.2 Å². The van der Waals surface area contributed by atoms with Crippen molar-refractivity contribution in [3.8, 4) is 5.88 Å². The number of guanidine groups is 1. The van der Waals surface area contributed by atoms with Gasteiger partial charge in [-0.05, 0) is 23.6 Å². The van der Waals surface area contributed by atoms with Crippen molar-refractivity contribution in [3.63, 3.8) is 0 Å². The Labute approximate surface area is 141 Å². The second-order valence-electron chi connectivity index (χ2n) is 4.63. The molecule has 0 atom stereocenters. The molecule has 0 saturated heterocycles. The van der Waals surface area contributed by atoms with Crippen molar-refractivity contribution >= 4 is 17.3 Å². The van der Waals surface area contributed by atoms with Crippen LogP contribution in [-0.2, 0) is 12.7 Å². The standard InChI is InChI=1S/C15H17F3N4OS/c1-19-14(22-10-11-4-3-9-24-11)21-7-8-23-13-12(15(16,17)18)5-2-6-20-13/h2-6,9H,7-8,10H2,1H3,(H2,19,21,22). The zero-order valence-corrected chi connectivity index (χ0v) is 13.7. The molecule has 0 aliphatic rings. The van der Waals surface area contributed by atoms with Crippen LogP contribution in [0.25, 0.3) is 0 Å². The van der Waals surface area contributed by atoms with Crippen molar-refractivity contribution in [2.45, 2.75) is 12.7 Å². The maximum Gasteiger partial charge on any atom is 0.421 e. The lowest BCUT2D eigenvalue weighted by molar-refractivity contribution is -0.139. The summed E-state index contributed by atoms with van der Waals surface area (Å²) in [6.45, 7) is 0.939. The largest absolute Gasteiger partial charge is 0.475 e. The van der Waals surface area contributed by atoms with E-state index in [2.05, 4.69) is 20.6 Å². The van der Waals surface area contributed by atoms with Crippen molar-refractivity contribution < 1.29 is 17.9 Å². The number of thiophene rings is 1. The molecule has 2 aromatic heterocycles. The highest BCUT2D eigenvalue weighted by atomic mass is 32.1. The van der Waals surface area contributed by atoms with E-state index in [1.807, 2.05) is 17.5 Å². The molecule has 0 fully saturated rings. The van der Waals surface area contributed by atoms with Gasteiger partial charge in [0.15, 0.2) is 5.96 Å². The molecule has 0 unspecified atom stereocenters. The summed E-state index contributed by atoms with van der Waals surface area (Å²) < 4.78 is 43.6. The average molecular weight is 358 g/mol. The van der Waals surface area contributed by atoms with E-state index in [1.54, 1.807) is 18.4 Å². The summed E-state index contributed by atoms with van der Waals surface area (Å²) in [4.78, 5) is 8.82. The van der Waals surface area contributed by atoms with Crippen molar-refractivity contribution in [2.24, 2.45) is 4.99 Å². The maximum absolute atomic E-state index is 12.8. The van der Waals surface area contributed by atoms with Crippen molar-refractivity contribution in [3.05, 3.63) is 46.3 Å². The highest BCUT2D eigenvalue weighted by Crippen LogP contribution is 2.34. The number of halogens is 3. The third-order valence-corrected chi connectivity index (χ3v) is 3.82. The molecular formula is C15H17F3N4OS. The Hall–Kier alpha value is -2.29. The number of pyridine rings is 1. The summed E-state index contributed by atoms with van der Waals surface area (Å²) >= 11 is 1.62. The summed E-state index contributed by atoms with van der Waals surface area (Å²) in [6, 6.07) is 6.12. The Morgan fingerprint density at radius 1 is 1.29 bits per heavy atom. The molecule has 2 aromatic rings. The van der Waals surface area contributed by atoms with Crippen molar-refractivity contribution in [1.82, 2.24) is 15.6 Å². The van der Waals surface area contributed by atoms with E-state index in [1.165, 1.54) is 12.3 Å². The Morgan fingerprint density at radius 3 is 2.79 bits per heavy atom. The first-order chi connectivity index (χ1) is 11.5. The molecule has 5 nitrogen and oxygen atoms in total. The van der Waals surface area contributed by atoms with Crippen molar-refractivity contribution in [1.29, 1.82) is 0 Å². The molecule has 0 amide bonds.